The molecular formula is C15H23N3O3. The number of hydrogen-bond donors (Lipinski definition) is 2. The van der Waals surface area contributed by atoms with Gasteiger partial charge in [-0.25, -0.2) is 0 Å². The van der Waals surface area contributed by atoms with Gasteiger partial charge in [-0.15, -0.1) is 0 Å². The normalized spacial score (nSPS) is 10.2. The van der Waals surface area contributed by atoms with Gasteiger partial charge in [0.15, 0.2) is 0 Å². The number of unbranched alkanes of at least 4 members (excludes halogenated alkanes) is 1. The highest BCUT2D eigenvalue weighted by molar-refractivity contribution is 5.97. The number of hydrogen-bond acceptors (Lipinski definition) is 4. The number of amides is 2. The highest BCUT2D eigenvalue weighted by Gasteiger charge is 2.18. The number of rotatable bonds is 8. The Kier molecular flexibility index (Phi) is 6.52. The van der Waals surface area contributed by atoms with Crippen molar-refractivity contribution in [2.24, 2.45) is 5.73 Å². The number of nitrogens with zero attached hydrogens (tertiary/aromatic N) is 1. The van der Waals surface area contributed by atoms with Gasteiger partial charge in [-0.2, -0.15) is 0 Å². The maximum atomic E-state index is 12.5. The summed E-state index contributed by atoms with van der Waals surface area (Å²) in [6.45, 7) is 4.73. The molecule has 6 nitrogen and oxygen atoms in total. The minimum atomic E-state index is -0.534. The molecule has 0 bridgehead atoms. The summed E-state index contributed by atoms with van der Waals surface area (Å²) >= 11 is 0. The maximum Gasteiger partial charge on any atom is 0.254 e. The van der Waals surface area contributed by atoms with Crippen molar-refractivity contribution in [1.82, 2.24) is 4.90 Å². The van der Waals surface area contributed by atoms with Crippen LogP contribution in [0.25, 0.3) is 0 Å². The average molecular weight is 293 g/mol. The Bertz CT molecular complexity index is 503. The third-order valence-electron chi connectivity index (χ3n) is 2.90. The van der Waals surface area contributed by atoms with Gasteiger partial charge in [0, 0.05) is 23.9 Å². The SMILES string of the molecule is CCCCN(CC(N)=O)C(=O)c1cc(N)cc(OCC)c1. The van der Waals surface area contributed by atoms with Crippen molar-refractivity contribution in [2.45, 2.75) is 26.7 Å². The summed E-state index contributed by atoms with van der Waals surface area (Å²) in [5, 5.41) is 0. The van der Waals surface area contributed by atoms with E-state index in [0.717, 1.165) is 12.8 Å². The first-order valence-electron chi connectivity index (χ1n) is 7.08. The molecule has 0 atom stereocenters. The molecule has 0 saturated heterocycles. The molecule has 0 radical (unpaired) electrons. The summed E-state index contributed by atoms with van der Waals surface area (Å²) < 4.78 is 5.38. The van der Waals surface area contributed by atoms with Gasteiger partial charge in [0.1, 0.15) is 5.75 Å². The molecule has 6 heteroatoms. The molecule has 21 heavy (non-hydrogen) atoms. The third kappa shape index (κ3) is 5.33. The number of primary amides is 1. The Balaban J connectivity index is 2.98. The van der Waals surface area contributed by atoms with Crippen molar-refractivity contribution in [3.63, 3.8) is 0 Å². The molecule has 1 aromatic carbocycles. The van der Waals surface area contributed by atoms with E-state index in [0.29, 0.717) is 30.2 Å². The highest BCUT2D eigenvalue weighted by atomic mass is 16.5. The molecule has 1 aromatic rings. The van der Waals surface area contributed by atoms with Gasteiger partial charge < -0.3 is 21.1 Å². The lowest BCUT2D eigenvalue weighted by atomic mass is 10.1. The van der Waals surface area contributed by atoms with Crippen LogP contribution in [-0.2, 0) is 4.79 Å². The van der Waals surface area contributed by atoms with Crippen LogP contribution in [0.3, 0.4) is 0 Å². The van der Waals surface area contributed by atoms with Crippen LogP contribution in [0.15, 0.2) is 18.2 Å². The predicted molar refractivity (Wildman–Crippen MR) is 82.0 cm³/mol. The van der Waals surface area contributed by atoms with E-state index in [-0.39, 0.29) is 12.5 Å². The molecule has 1 rings (SSSR count). The first-order valence-corrected chi connectivity index (χ1v) is 7.08. The Hall–Kier alpha value is -2.24. The van der Waals surface area contributed by atoms with Gasteiger partial charge >= 0.3 is 0 Å². The van der Waals surface area contributed by atoms with Crippen molar-refractivity contribution in [2.75, 3.05) is 25.4 Å². The van der Waals surface area contributed by atoms with E-state index < -0.39 is 5.91 Å². The summed E-state index contributed by atoms with van der Waals surface area (Å²) in [6, 6.07) is 4.86. The third-order valence-corrected chi connectivity index (χ3v) is 2.90. The molecule has 4 N–H and O–H groups in total. The fourth-order valence-corrected chi connectivity index (χ4v) is 1.97. The molecule has 0 aromatic heterocycles. The number of nitrogens with two attached hydrogens (primary N) is 2. The highest BCUT2D eigenvalue weighted by Crippen LogP contribution is 2.20. The summed E-state index contributed by atoms with van der Waals surface area (Å²) in [7, 11) is 0. The molecule has 0 heterocycles. The van der Waals surface area contributed by atoms with E-state index in [4.69, 9.17) is 16.2 Å². The molecule has 0 saturated carbocycles. The van der Waals surface area contributed by atoms with Crippen LogP contribution >= 0.6 is 0 Å². The van der Waals surface area contributed by atoms with E-state index in [1.807, 2.05) is 13.8 Å². The fourth-order valence-electron chi connectivity index (χ4n) is 1.97. The zero-order valence-corrected chi connectivity index (χ0v) is 12.6. The van der Waals surface area contributed by atoms with Crippen molar-refractivity contribution in [1.29, 1.82) is 0 Å². The maximum absolute atomic E-state index is 12.5. The largest absolute Gasteiger partial charge is 0.494 e. The van der Waals surface area contributed by atoms with Crippen molar-refractivity contribution in [3.05, 3.63) is 23.8 Å². The Morgan fingerprint density at radius 1 is 1.24 bits per heavy atom. The fraction of sp³-hybridized carbons (Fsp3) is 0.467. The van der Waals surface area contributed by atoms with Crippen LogP contribution in [0.2, 0.25) is 0 Å². The average Bonchev–Trinajstić information content (AvgIpc) is 2.42. The molecule has 0 fully saturated rings. The van der Waals surface area contributed by atoms with Gasteiger partial charge in [0.25, 0.3) is 5.91 Å². The standard InChI is InChI=1S/C15H23N3O3/c1-3-5-6-18(10-14(17)19)15(20)11-7-12(16)9-13(8-11)21-4-2/h7-9H,3-6,10,16H2,1-2H3,(H2,17,19). The van der Waals surface area contributed by atoms with E-state index in [9.17, 15) is 9.59 Å². The van der Waals surface area contributed by atoms with Crippen LogP contribution < -0.4 is 16.2 Å². The lowest BCUT2D eigenvalue weighted by Gasteiger charge is -2.21. The summed E-state index contributed by atoms with van der Waals surface area (Å²) in [6.07, 6.45) is 1.73. The number of nitrogen functional groups attached to an aromatic ring is 1. The second-order valence-corrected chi connectivity index (χ2v) is 4.77. The molecule has 0 aliphatic carbocycles. The Morgan fingerprint density at radius 2 is 1.95 bits per heavy atom. The van der Waals surface area contributed by atoms with Gasteiger partial charge in [0.2, 0.25) is 5.91 Å². The zero-order chi connectivity index (χ0) is 15.8. The number of benzene rings is 1. The number of carbonyl (C=O) groups is 2. The van der Waals surface area contributed by atoms with Crippen molar-refractivity contribution < 1.29 is 14.3 Å². The summed E-state index contributed by atoms with van der Waals surface area (Å²) in [5.41, 5.74) is 11.8. The van der Waals surface area contributed by atoms with Crippen LogP contribution in [0.4, 0.5) is 5.69 Å². The molecule has 116 valence electrons. The molecular weight excluding hydrogens is 270 g/mol. The number of ether oxygens (including phenoxy) is 1. The Morgan fingerprint density at radius 3 is 2.52 bits per heavy atom. The van der Waals surface area contributed by atoms with E-state index in [1.165, 1.54) is 4.90 Å². The molecule has 0 aliphatic heterocycles. The minimum Gasteiger partial charge on any atom is -0.494 e. The summed E-state index contributed by atoms with van der Waals surface area (Å²) in [5.74, 6) is -0.265. The predicted octanol–water partition coefficient (Wildman–Crippen LogP) is 1.40. The molecule has 0 aliphatic rings. The van der Waals surface area contributed by atoms with Gasteiger partial charge in [-0.3, -0.25) is 9.59 Å². The molecule has 0 spiro atoms. The second-order valence-electron chi connectivity index (χ2n) is 4.77. The topological polar surface area (TPSA) is 98.7 Å². The first kappa shape index (κ1) is 16.8. The molecule has 0 unspecified atom stereocenters. The first-order chi connectivity index (χ1) is 9.97. The van der Waals surface area contributed by atoms with Crippen LogP contribution in [0.5, 0.6) is 5.75 Å². The van der Waals surface area contributed by atoms with E-state index in [1.54, 1.807) is 18.2 Å². The van der Waals surface area contributed by atoms with Gasteiger partial charge in [-0.1, -0.05) is 13.3 Å². The number of anilines is 1. The lowest BCUT2D eigenvalue weighted by Crippen LogP contribution is -2.39. The van der Waals surface area contributed by atoms with E-state index in [2.05, 4.69) is 0 Å². The minimum absolute atomic E-state index is 0.0996. The van der Waals surface area contributed by atoms with Crippen molar-refractivity contribution >= 4 is 17.5 Å². The molecule has 2 amide bonds. The summed E-state index contributed by atoms with van der Waals surface area (Å²) in [4.78, 5) is 25.1. The van der Waals surface area contributed by atoms with Crippen molar-refractivity contribution in [3.8, 4) is 5.75 Å². The van der Waals surface area contributed by atoms with Crippen LogP contribution in [0, 0.1) is 0 Å². The van der Waals surface area contributed by atoms with Gasteiger partial charge in [-0.05, 0) is 25.5 Å². The lowest BCUT2D eigenvalue weighted by molar-refractivity contribution is -0.118. The smallest absolute Gasteiger partial charge is 0.254 e. The second kappa shape index (κ2) is 8.14. The monoisotopic (exact) mass is 293 g/mol. The zero-order valence-electron chi connectivity index (χ0n) is 12.6. The Labute approximate surface area is 125 Å². The van der Waals surface area contributed by atoms with Crippen LogP contribution in [-0.4, -0.2) is 36.4 Å². The van der Waals surface area contributed by atoms with Crippen LogP contribution in [0.1, 0.15) is 37.0 Å². The number of carbonyl (C=O) groups excluding carboxylic acids is 2. The van der Waals surface area contributed by atoms with E-state index >= 15 is 0 Å². The quantitative estimate of drug-likeness (QED) is 0.708. The van der Waals surface area contributed by atoms with Gasteiger partial charge in [0.05, 0.1) is 13.2 Å².